The number of rotatable bonds is 2. The molecule has 0 aliphatic heterocycles. The minimum atomic E-state index is -0.236. The highest BCUT2D eigenvalue weighted by atomic mass is 35.5. The van der Waals surface area contributed by atoms with Crippen LogP contribution in [0.1, 0.15) is 22.9 Å². The van der Waals surface area contributed by atoms with Gasteiger partial charge in [0.1, 0.15) is 0 Å². The minimum absolute atomic E-state index is 0.236. The summed E-state index contributed by atoms with van der Waals surface area (Å²) in [4.78, 5) is 0. The molecule has 0 aliphatic rings. The van der Waals surface area contributed by atoms with Gasteiger partial charge in [-0.1, -0.05) is 29.8 Å². The Morgan fingerprint density at radius 2 is 2.12 bits per heavy atom. The molecule has 2 rings (SSSR count). The summed E-state index contributed by atoms with van der Waals surface area (Å²) in [6, 6.07) is 7.56. The first-order valence-electron chi connectivity index (χ1n) is 5.09. The summed E-state index contributed by atoms with van der Waals surface area (Å²) in [7, 11) is 1.87. The van der Waals surface area contributed by atoms with Gasteiger partial charge in [0.2, 0.25) is 0 Å². The molecule has 3 nitrogen and oxygen atoms in total. The SMILES string of the molecule is Cc1cccc(C(N)c2ccnn2C)c1Cl. The number of aryl methyl sites for hydroxylation is 2. The van der Waals surface area contributed by atoms with E-state index in [0.717, 1.165) is 21.8 Å². The number of halogens is 1. The highest BCUT2D eigenvalue weighted by Crippen LogP contribution is 2.28. The molecule has 1 unspecified atom stereocenters. The summed E-state index contributed by atoms with van der Waals surface area (Å²) >= 11 is 6.25. The van der Waals surface area contributed by atoms with Crippen molar-refractivity contribution in [3.63, 3.8) is 0 Å². The smallest absolute Gasteiger partial charge is 0.0737 e. The second kappa shape index (κ2) is 4.28. The van der Waals surface area contributed by atoms with Gasteiger partial charge in [0, 0.05) is 18.3 Å². The maximum atomic E-state index is 6.25. The second-order valence-electron chi connectivity index (χ2n) is 3.84. The molecule has 0 amide bonds. The van der Waals surface area contributed by atoms with Crippen LogP contribution in [-0.4, -0.2) is 9.78 Å². The predicted molar refractivity (Wildman–Crippen MR) is 65.4 cm³/mol. The summed E-state index contributed by atoms with van der Waals surface area (Å²) in [5.41, 5.74) is 9.11. The van der Waals surface area contributed by atoms with E-state index in [1.165, 1.54) is 0 Å². The molecule has 0 spiro atoms. The Morgan fingerprint density at radius 3 is 2.75 bits per heavy atom. The van der Waals surface area contributed by atoms with Crippen LogP contribution >= 0.6 is 11.6 Å². The van der Waals surface area contributed by atoms with E-state index < -0.39 is 0 Å². The third kappa shape index (κ3) is 1.84. The molecule has 16 heavy (non-hydrogen) atoms. The summed E-state index contributed by atoms with van der Waals surface area (Å²) in [6.45, 7) is 1.97. The first-order valence-corrected chi connectivity index (χ1v) is 5.47. The maximum absolute atomic E-state index is 6.25. The Balaban J connectivity index is 2.46. The van der Waals surface area contributed by atoms with Gasteiger partial charge < -0.3 is 5.73 Å². The van der Waals surface area contributed by atoms with Crippen molar-refractivity contribution in [1.29, 1.82) is 0 Å². The maximum Gasteiger partial charge on any atom is 0.0737 e. The first kappa shape index (κ1) is 11.2. The van der Waals surface area contributed by atoms with Crippen molar-refractivity contribution >= 4 is 11.6 Å². The highest BCUT2D eigenvalue weighted by Gasteiger charge is 2.15. The van der Waals surface area contributed by atoms with Crippen molar-refractivity contribution < 1.29 is 0 Å². The molecule has 2 aromatic rings. The average Bonchev–Trinajstić information content (AvgIpc) is 2.68. The standard InChI is InChI=1S/C12H14ClN3/c1-8-4-3-5-9(11(8)13)12(14)10-6-7-15-16(10)2/h3-7,12H,14H2,1-2H3. The van der Waals surface area contributed by atoms with Gasteiger partial charge in [-0.2, -0.15) is 5.10 Å². The van der Waals surface area contributed by atoms with Crippen molar-refractivity contribution in [2.24, 2.45) is 12.8 Å². The fourth-order valence-electron chi connectivity index (χ4n) is 1.76. The molecular formula is C12H14ClN3. The molecule has 0 bridgehead atoms. The average molecular weight is 236 g/mol. The van der Waals surface area contributed by atoms with Crippen LogP contribution in [0.2, 0.25) is 5.02 Å². The zero-order valence-electron chi connectivity index (χ0n) is 9.31. The fourth-order valence-corrected chi connectivity index (χ4v) is 2.00. The molecule has 0 radical (unpaired) electrons. The zero-order chi connectivity index (χ0) is 11.7. The Morgan fingerprint density at radius 1 is 1.38 bits per heavy atom. The second-order valence-corrected chi connectivity index (χ2v) is 4.21. The van der Waals surface area contributed by atoms with Crippen molar-refractivity contribution in [1.82, 2.24) is 9.78 Å². The number of nitrogens with zero attached hydrogens (tertiary/aromatic N) is 2. The quantitative estimate of drug-likeness (QED) is 0.869. The summed E-state index contributed by atoms with van der Waals surface area (Å²) < 4.78 is 1.77. The van der Waals surface area contributed by atoms with E-state index in [1.807, 2.05) is 38.2 Å². The molecule has 1 heterocycles. The molecule has 0 fully saturated rings. The van der Waals surface area contributed by atoms with Crippen LogP contribution in [-0.2, 0) is 7.05 Å². The van der Waals surface area contributed by atoms with E-state index >= 15 is 0 Å². The van der Waals surface area contributed by atoms with Crippen LogP contribution in [0.25, 0.3) is 0 Å². The molecule has 84 valence electrons. The number of aromatic nitrogens is 2. The fraction of sp³-hybridized carbons (Fsp3) is 0.250. The van der Waals surface area contributed by atoms with E-state index in [-0.39, 0.29) is 6.04 Å². The lowest BCUT2D eigenvalue weighted by molar-refractivity contribution is 0.673. The lowest BCUT2D eigenvalue weighted by atomic mass is 10.0. The number of hydrogen-bond acceptors (Lipinski definition) is 2. The van der Waals surface area contributed by atoms with Gasteiger partial charge in [-0.25, -0.2) is 0 Å². The van der Waals surface area contributed by atoms with Crippen molar-refractivity contribution in [2.75, 3.05) is 0 Å². The van der Waals surface area contributed by atoms with Crippen molar-refractivity contribution in [2.45, 2.75) is 13.0 Å². The molecule has 0 saturated carbocycles. The molecule has 0 saturated heterocycles. The lowest BCUT2D eigenvalue weighted by Gasteiger charge is -2.15. The molecule has 0 aliphatic carbocycles. The Bertz CT molecular complexity index is 505. The monoisotopic (exact) mass is 235 g/mol. The van der Waals surface area contributed by atoms with Crippen LogP contribution < -0.4 is 5.73 Å². The van der Waals surface area contributed by atoms with Gasteiger partial charge in [-0.3, -0.25) is 4.68 Å². The van der Waals surface area contributed by atoms with Crippen molar-refractivity contribution in [3.8, 4) is 0 Å². The minimum Gasteiger partial charge on any atom is -0.319 e. The van der Waals surface area contributed by atoms with E-state index in [2.05, 4.69) is 5.10 Å². The van der Waals surface area contributed by atoms with E-state index in [9.17, 15) is 0 Å². The summed E-state index contributed by atoms with van der Waals surface area (Å²) in [5.74, 6) is 0. The van der Waals surface area contributed by atoms with E-state index in [1.54, 1.807) is 10.9 Å². The van der Waals surface area contributed by atoms with Crippen LogP contribution in [0.15, 0.2) is 30.5 Å². The largest absolute Gasteiger partial charge is 0.319 e. The van der Waals surface area contributed by atoms with Gasteiger partial charge >= 0.3 is 0 Å². The van der Waals surface area contributed by atoms with Crippen LogP contribution in [0.4, 0.5) is 0 Å². The Labute approximate surface area is 99.8 Å². The van der Waals surface area contributed by atoms with Gasteiger partial charge in [-0.05, 0) is 24.1 Å². The third-order valence-corrected chi connectivity index (χ3v) is 3.25. The first-order chi connectivity index (χ1) is 7.61. The van der Waals surface area contributed by atoms with Gasteiger partial charge in [-0.15, -0.1) is 0 Å². The topological polar surface area (TPSA) is 43.8 Å². The van der Waals surface area contributed by atoms with Crippen LogP contribution in [0.5, 0.6) is 0 Å². The lowest BCUT2D eigenvalue weighted by Crippen LogP contribution is -2.16. The van der Waals surface area contributed by atoms with Crippen LogP contribution in [0.3, 0.4) is 0 Å². The van der Waals surface area contributed by atoms with E-state index in [0.29, 0.717) is 0 Å². The molecule has 1 aromatic carbocycles. The zero-order valence-corrected chi connectivity index (χ0v) is 10.1. The van der Waals surface area contributed by atoms with Crippen LogP contribution in [0, 0.1) is 6.92 Å². The Hall–Kier alpha value is -1.32. The number of hydrogen-bond donors (Lipinski definition) is 1. The highest BCUT2D eigenvalue weighted by molar-refractivity contribution is 6.32. The Kier molecular flexibility index (Phi) is 2.99. The predicted octanol–water partition coefficient (Wildman–Crippen LogP) is 2.43. The van der Waals surface area contributed by atoms with Crippen molar-refractivity contribution in [3.05, 3.63) is 52.3 Å². The van der Waals surface area contributed by atoms with Gasteiger partial charge in [0.15, 0.2) is 0 Å². The third-order valence-electron chi connectivity index (χ3n) is 2.73. The molecule has 1 atom stereocenters. The molecule has 1 aromatic heterocycles. The molecule has 4 heteroatoms. The molecule has 2 N–H and O–H groups in total. The number of benzene rings is 1. The van der Waals surface area contributed by atoms with Gasteiger partial charge in [0.25, 0.3) is 0 Å². The summed E-state index contributed by atoms with van der Waals surface area (Å²) in [5, 5.41) is 4.84. The number of nitrogens with two attached hydrogens (primary N) is 1. The van der Waals surface area contributed by atoms with Gasteiger partial charge in [0.05, 0.1) is 11.7 Å². The van der Waals surface area contributed by atoms with E-state index in [4.69, 9.17) is 17.3 Å². The normalized spacial score (nSPS) is 12.8. The summed E-state index contributed by atoms with van der Waals surface area (Å²) in [6.07, 6.45) is 1.74. The molecular weight excluding hydrogens is 222 g/mol.